The molecule has 1 heterocycles. The first-order valence-corrected chi connectivity index (χ1v) is 7.13. The fraction of sp³-hybridized carbons (Fsp3) is 0.625. The summed E-state index contributed by atoms with van der Waals surface area (Å²) in [6.07, 6.45) is 1.62. The molecule has 1 saturated heterocycles. The van der Waals surface area contributed by atoms with Crippen molar-refractivity contribution >= 4 is 0 Å². The molecule has 0 spiro atoms. The van der Waals surface area contributed by atoms with Crippen LogP contribution < -0.4 is 4.74 Å². The number of benzene rings is 1. The summed E-state index contributed by atoms with van der Waals surface area (Å²) in [5.41, 5.74) is 0.345. The highest BCUT2D eigenvalue weighted by atomic mass is 16.5. The third-order valence-electron chi connectivity index (χ3n) is 3.93. The molecule has 0 bridgehead atoms. The predicted octanol–water partition coefficient (Wildman–Crippen LogP) is 2.63. The van der Waals surface area contributed by atoms with Gasteiger partial charge in [0.05, 0.1) is 12.7 Å². The summed E-state index contributed by atoms with van der Waals surface area (Å²) in [6, 6.07) is 7.81. The topological polar surface area (TPSA) is 32.7 Å². The summed E-state index contributed by atoms with van der Waals surface area (Å²) < 4.78 is 5.16. The van der Waals surface area contributed by atoms with Gasteiger partial charge in [0.2, 0.25) is 0 Å². The molecule has 3 nitrogen and oxygen atoms in total. The fourth-order valence-corrected chi connectivity index (χ4v) is 2.81. The number of nitrogens with zero attached hydrogens (tertiary/aromatic N) is 1. The number of piperidine rings is 1. The molecule has 0 radical (unpaired) electrons. The van der Waals surface area contributed by atoms with Crippen LogP contribution in [-0.4, -0.2) is 36.8 Å². The molecule has 0 amide bonds. The molecule has 0 aromatic heterocycles. The van der Waals surface area contributed by atoms with Gasteiger partial charge in [-0.15, -0.1) is 0 Å². The van der Waals surface area contributed by atoms with E-state index in [1.807, 2.05) is 24.3 Å². The third kappa shape index (κ3) is 3.48. The van der Waals surface area contributed by atoms with E-state index in [0.717, 1.165) is 43.8 Å². The van der Waals surface area contributed by atoms with E-state index >= 15 is 0 Å². The van der Waals surface area contributed by atoms with Crippen LogP contribution in [0.4, 0.5) is 0 Å². The lowest BCUT2D eigenvalue weighted by atomic mass is 9.84. The highest BCUT2D eigenvalue weighted by Gasteiger charge is 2.33. The van der Waals surface area contributed by atoms with E-state index in [4.69, 9.17) is 4.74 Å². The smallest absolute Gasteiger partial charge is 0.118 e. The van der Waals surface area contributed by atoms with Gasteiger partial charge in [0.15, 0.2) is 0 Å². The van der Waals surface area contributed by atoms with Gasteiger partial charge in [-0.05, 0) is 36.5 Å². The molecule has 19 heavy (non-hydrogen) atoms. The van der Waals surface area contributed by atoms with Crippen molar-refractivity contribution in [2.24, 2.45) is 5.92 Å². The van der Waals surface area contributed by atoms with Crippen molar-refractivity contribution in [3.8, 4) is 5.75 Å². The lowest BCUT2D eigenvalue weighted by Gasteiger charge is -2.39. The Morgan fingerprint density at radius 2 is 1.79 bits per heavy atom. The lowest BCUT2D eigenvalue weighted by molar-refractivity contribution is -0.0279. The Morgan fingerprint density at radius 1 is 1.21 bits per heavy atom. The van der Waals surface area contributed by atoms with Crippen molar-refractivity contribution in [1.82, 2.24) is 4.90 Å². The van der Waals surface area contributed by atoms with Gasteiger partial charge in [-0.3, -0.25) is 0 Å². The molecule has 0 saturated carbocycles. The quantitative estimate of drug-likeness (QED) is 0.906. The van der Waals surface area contributed by atoms with Gasteiger partial charge in [0.25, 0.3) is 0 Å². The van der Waals surface area contributed by atoms with E-state index in [2.05, 4.69) is 18.7 Å². The molecular weight excluding hydrogens is 238 g/mol. The average molecular weight is 263 g/mol. The molecule has 1 fully saturated rings. The maximum Gasteiger partial charge on any atom is 0.118 e. The number of likely N-dealkylation sites (tertiary alicyclic amines) is 1. The summed E-state index contributed by atoms with van der Waals surface area (Å²) in [5, 5.41) is 10.8. The molecule has 1 aromatic carbocycles. The maximum atomic E-state index is 10.8. The summed E-state index contributed by atoms with van der Waals surface area (Å²) in [7, 11) is 1.66. The first-order chi connectivity index (χ1) is 9.03. The molecular formula is C16H25NO2. The Labute approximate surface area is 116 Å². The van der Waals surface area contributed by atoms with Crippen LogP contribution in [0.5, 0.6) is 5.75 Å². The molecule has 1 aliphatic heterocycles. The van der Waals surface area contributed by atoms with Crippen molar-refractivity contribution < 1.29 is 9.84 Å². The fourth-order valence-electron chi connectivity index (χ4n) is 2.81. The minimum Gasteiger partial charge on any atom is -0.497 e. The van der Waals surface area contributed by atoms with Gasteiger partial charge in [0, 0.05) is 19.6 Å². The number of aliphatic hydroxyl groups is 1. The number of hydrogen-bond acceptors (Lipinski definition) is 3. The molecule has 2 rings (SSSR count). The van der Waals surface area contributed by atoms with E-state index in [1.54, 1.807) is 7.11 Å². The van der Waals surface area contributed by atoms with Gasteiger partial charge in [-0.25, -0.2) is 0 Å². The largest absolute Gasteiger partial charge is 0.497 e. The van der Waals surface area contributed by atoms with Crippen LogP contribution >= 0.6 is 0 Å². The molecule has 1 N–H and O–H groups in total. The third-order valence-corrected chi connectivity index (χ3v) is 3.93. The van der Waals surface area contributed by atoms with Crippen LogP contribution in [0, 0.1) is 5.92 Å². The second-order valence-electron chi connectivity index (χ2n) is 5.95. The summed E-state index contributed by atoms with van der Waals surface area (Å²) >= 11 is 0. The van der Waals surface area contributed by atoms with E-state index < -0.39 is 5.60 Å². The normalized spacial score (nSPS) is 19.6. The molecule has 3 heteroatoms. The van der Waals surface area contributed by atoms with Crippen molar-refractivity contribution in [3.05, 3.63) is 29.8 Å². The average Bonchev–Trinajstić information content (AvgIpc) is 2.41. The monoisotopic (exact) mass is 263 g/mol. The van der Waals surface area contributed by atoms with Crippen molar-refractivity contribution in [3.63, 3.8) is 0 Å². The van der Waals surface area contributed by atoms with Crippen LogP contribution in [0.1, 0.15) is 32.3 Å². The Bertz CT molecular complexity index is 392. The van der Waals surface area contributed by atoms with Gasteiger partial charge >= 0.3 is 0 Å². The standard InChI is InChI=1S/C16H25NO2/c1-13(2)12-17-10-8-16(18,9-11-17)14-4-6-15(19-3)7-5-14/h4-7,13,18H,8-12H2,1-3H3. The second-order valence-corrected chi connectivity index (χ2v) is 5.95. The number of methoxy groups -OCH3 is 1. The number of ether oxygens (including phenoxy) is 1. The minimum absolute atomic E-state index is 0.667. The highest BCUT2D eigenvalue weighted by Crippen LogP contribution is 2.33. The Morgan fingerprint density at radius 3 is 2.26 bits per heavy atom. The molecule has 106 valence electrons. The van der Waals surface area contributed by atoms with Crippen LogP contribution in [-0.2, 0) is 5.60 Å². The van der Waals surface area contributed by atoms with Crippen LogP contribution in [0.25, 0.3) is 0 Å². The van der Waals surface area contributed by atoms with Gasteiger partial charge in [0.1, 0.15) is 5.75 Å². The zero-order valence-electron chi connectivity index (χ0n) is 12.2. The molecule has 1 aromatic rings. The predicted molar refractivity (Wildman–Crippen MR) is 77.4 cm³/mol. The van der Waals surface area contributed by atoms with Crippen LogP contribution in [0.15, 0.2) is 24.3 Å². The van der Waals surface area contributed by atoms with Crippen molar-refractivity contribution in [2.45, 2.75) is 32.3 Å². The van der Waals surface area contributed by atoms with Gasteiger partial charge in [-0.1, -0.05) is 26.0 Å². The molecule has 0 atom stereocenters. The first kappa shape index (κ1) is 14.4. The van der Waals surface area contributed by atoms with Crippen molar-refractivity contribution in [2.75, 3.05) is 26.7 Å². The van der Waals surface area contributed by atoms with Gasteiger partial charge in [-0.2, -0.15) is 0 Å². The Hall–Kier alpha value is -1.06. The zero-order chi connectivity index (χ0) is 13.9. The summed E-state index contributed by atoms with van der Waals surface area (Å²) in [6.45, 7) is 7.55. The SMILES string of the molecule is COc1ccc(C2(O)CCN(CC(C)C)CC2)cc1. The van der Waals surface area contributed by atoms with Gasteiger partial charge < -0.3 is 14.7 Å². The van der Waals surface area contributed by atoms with E-state index in [9.17, 15) is 5.11 Å². The Balaban J connectivity index is 2.00. The van der Waals surface area contributed by atoms with Crippen LogP contribution in [0.3, 0.4) is 0 Å². The van der Waals surface area contributed by atoms with Crippen molar-refractivity contribution in [1.29, 1.82) is 0 Å². The molecule has 0 unspecified atom stereocenters. The zero-order valence-corrected chi connectivity index (χ0v) is 12.2. The first-order valence-electron chi connectivity index (χ1n) is 7.13. The second kappa shape index (κ2) is 5.93. The molecule has 0 aliphatic carbocycles. The van der Waals surface area contributed by atoms with Crippen LogP contribution in [0.2, 0.25) is 0 Å². The maximum absolute atomic E-state index is 10.8. The van der Waals surface area contributed by atoms with E-state index in [0.29, 0.717) is 5.92 Å². The van der Waals surface area contributed by atoms with E-state index in [1.165, 1.54) is 0 Å². The molecule has 1 aliphatic rings. The summed E-state index contributed by atoms with van der Waals surface area (Å²) in [4.78, 5) is 2.45. The minimum atomic E-state index is -0.667. The Kier molecular flexibility index (Phi) is 4.48. The summed E-state index contributed by atoms with van der Waals surface area (Å²) in [5.74, 6) is 1.52. The number of hydrogen-bond donors (Lipinski definition) is 1. The lowest BCUT2D eigenvalue weighted by Crippen LogP contribution is -2.43. The highest BCUT2D eigenvalue weighted by molar-refractivity contribution is 5.31. The van der Waals surface area contributed by atoms with E-state index in [-0.39, 0.29) is 0 Å². The number of rotatable bonds is 4.